The Morgan fingerprint density at radius 3 is 2.85 bits per heavy atom. The fourth-order valence-electron chi connectivity index (χ4n) is 2.60. The van der Waals surface area contributed by atoms with Crippen molar-refractivity contribution in [2.24, 2.45) is 0 Å². The number of anilines is 1. The lowest BCUT2D eigenvalue weighted by Crippen LogP contribution is -2.41. The average molecular weight is 291 g/mol. The monoisotopic (exact) mass is 291 g/mol. The Morgan fingerprint density at radius 1 is 1.40 bits per heavy atom. The summed E-state index contributed by atoms with van der Waals surface area (Å²) in [5, 5.41) is 4.28. The largest absolute Gasteiger partial charge is 0.370 e. The maximum Gasteiger partial charge on any atom is 0.169 e. The summed E-state index contributed by atoms with van der Waals surface area (Å²) in [6.45, 7) is 5.26. The number of nitrogens with one attached hydrogen (secondary N) is 1. The fraction of sp³-hybridized carbons (Fsp3) is 0.562. The summed E-state index contributed by atoms with van der Waals surface area (Å²) < 4.78 is 0. The molecule has 1 aromatic carbocycles. The summed E-state index contributed by atoms with van der Waals surface area (Å²) in [5.74, 6) is 0. The molecule has 1 unspecified atom stereocenters. The molecule has 0 saturated carbocycles. The van der Waals surface area contributed by atoms with E-state index in [-0.39, 0.29) is 0 Å². The van der Waals surface area contributed by atoms with E-state index in [1.807, 2.05) is 0 Å². The van der Waals surface area contributed by atoms with Crippen LogP contribution in [0.1, 0.15) is 26.2 Å². The smallest absolute Gasteiger partial charge is 0.169 e. The van der Waals surface area contributed by atoms with E-state index in [9.17, 15) is 0 Å². The molecule has 1 heterocycles. The van der Waals surface area contributed by atoms with Crippen LogP contribution in [-0.4, -0.2) is 42.7 Å². The Labute approximate surface area is 128 Å². The summed E-state index contributed by atoms with van der Waals surface area (Å²) in [4.78, 5) is 4.67. The number of thiocarbonyl (C=S) groups is 1. The number of likely N-dealkylation sites (N-methyl/N-ethyl adjacent to an activating group) is 1. The second kappa shape index (κ2) is 7.48. The first-order valence-corrected chi connectivity index (χ1v) is 7.94. The van der Waals surface area contributed by atoms with Crippen LogP contribution >= 0.6 is 12.2 Å². The fourth-order valence-corrected chi connectivity index (χ4v) is 2.87. The highest BCUT2D eigenvalue weighted by atomic mass is 32.1. The van der Waals surface area contributed by atoms with Crippen LogP contribution in [0, 0.1) is 0 Å². The van der Waals surface area contributed by atoms with Gasteiger partial charge in [0.2, 0.25) is 0 Å². The zero-order chi connectivity index (χ0) is 14.4. The number of unbranched alkanes of at least 4 members (excludes halogenated alkanes) is 1. The summed E-state index contributed by atoms with van der Waals surface area (Å²) >= 11 is 5.48. The Kier molecular flexibility index (Phi) is 5.65. The zero-order valence-corrected chi connectivity index (χ0v) is 13.3. The van der Waals surface area contributed by atoms with Gasteiger partial charge in [-0.2, -0.15) is 0 Å². The normalized spacial score (nSPS) is 18.1. The topological polar surface area (TPSA) is 18.5 Å². The van der Waals surface area contributed by atoms with Gasteiger partial charge in [0.05, 0.1) is 0 Å². The second-order valence-corrected chi connectivity index (χ2v) is 5.81. The van der Waals surface area contributed by atoms with Gasteiger partial charge in [-0.25, -0.2) is 0 Å². The number of likely N-dealkylation sites (tertiary alicyclic amines) is 1. The Bertz CT molecular complexity index is 421. The van der Waals surface area contributed by atoms with Crippen molar-refractivity contribution in [3.05, 3.63) is 30.3 Å². The number of nitrogens with zero attached hydrogens (tertiary/aromatic N) is 2. The van der Waals surface area contributed by atoms with Crippen LogP contribution < -0.4 is 10.2 Å². The van der Waals surface area contributed by atoms with E-state index in [4.69, 9.17) is 12.2 Å². The van der Waals surface area contributed by atoms with Crippen molar-refractivity contribution in [2.75, 3.05) is 31.6 Å². The van der Waals surface area contributed by atoms with Crippen molar-refractivity contribution < 1.29 is 0 Å². The van der Waals surface area contributed by atoms with E-state index in [1.54, 1.807) is 0 Å². The molecule has 1 aliphatic heterocycles. The van der Waals surface area contributed by atoms with Crippen molar-refractivity contribution >= 4 is 23.0 Å². The molecule has 110 valence electrons. The van der Waals surface area contributed by atoms with Gasteiger partial charge in [-0.15, -0.1) is 0 Å². The molecule has 3 nitrogen and oxygen atoms in total. The Morgan fingerprint density at radius 2 is 2.15 bits per heavy atom. The quantitative estimate of drug-likeness (QED) is 0.664. The van der Waals surface area contributed by atoms with Crippen LogP contribution in [-0.2, 0) is 0 Å². The molecule has 0 amide bonds. The molecule has 20 heavy (non-hydrogen) atoms. The van der Waals surface area contributed by atoms with Gasteiger partial charge in [0.1, 0.15) is 0 Å². The predicted octanol–water partition coefficient (Wildman–Crippen LogP) is 2.87. The lowest BCUT2D eigenvalue weighted by molar-refractivity contribution is 0.493. The van der Waals surface area contributed by atoms with Gasteiger partial charge in [0, 0.05) is 38.4 Å². The van der Waals surface area contributed by atoms with Gasteiger partial charge in [-0.05, 0) is 37.2 Å². The van der Waals surface area contributed by atoms with Crippen LogP contribution in [0.5, 0.6) is 0 Å². The minimum absolute atomic E-state index is 0.545. The highest BCUT2D eigenvalue weighted by Gasteiger charge is 2.27. The molecule has 1 saturated heterocycles. The van der Waals surface area contributed by atoms with Crippen LogP contribution in [0.4, 0.5) is 5.69 Å². The highest BCUT2D eigenvalue weighted by Crippen LogP contribution is 2.21. The molecule has 1 aliphatic rings. The Hall–Kier alpha value is -1.29. The van der Waals surface area contributed by atoms with E-state index < -0.39 is 0 Å². The van der Waals surface area contributed by atoms with Crippen molar-refractivity contribution in [1.82, 2.24) is 10.2 Å². The minimum Gasteiger partial charge on any atom is -0.370 e. The van der Waals surface area contributed by atoms with Crippen molar-refractivity contribution in [3.63, 3.8) is 0 Å². The zero-order valence-electron chi connectivity index (χ0n) is 12.5. The first-order chi connectivity index (χ1) is 9.72. The molecule has 1 aromatic rings. The third kappa shape index (κ3) is 3.85. The van der Waals surface area contributed by atoms with Crippen molar-refractivity contribution in [2.45, 2.75) is 32.2 Å². The maximum absolute atomic E-state index is 5.48. The van der Waals surface area contributed by atoms with E-state index in [0.29, 0.717) is 6.04 Å². The molecule has 1 fully saturated rings. The molecular weight excluding hydrogens is 266 g/mol. The van der Waals surface area contributed by atoms with Gasteiger partial charge in [0.25, 0.3) is 0 Å². The first-order valence-electron chi connectivity index (χ1n) is 7.53. The molecule has 4 heteroatoms. The number of rotatable bonds is 5. The number of hydrogen-bond acceptors (Lipinski definition) is 2. The van der Waals surface area contributed by atoms with E-state index in [1.165, 1.54) is 24.9 Å². The van der Waals surface area contributed by atoms with Gasteiger partial charge >= 0.3 is 0 Å². The Balaban J connectivity index is 1.84. The second-order valence-electron chi connectivity index (χ2n) is 5.42. The van der Waals surface area contributed by atoms with E-state index >= 15 is 0 Å². The first kappa shape index (κ1) is 15.1. The summed E-state index contributed by atoms with van der Waals surface area (Å²) in [6.07, 6.45) is 3.55. The maximum atomic E-state index is 5.48. The summed E-state index contributed by atoms with van der Waals surface area (Å²) in [5.41, 5.74) is 1.28. The molecule has 0 spiro atoms. The molecular formula is C16H25N3S. The van der Waals surface area contributed by atoms with Crippen molar-refractivity contribution in [3.8, 4) is 0 Å². The standard InChI is InChI=1S/C16H25N3S/c1-3-4-11-17-16(20)19-12-10-15(13-19)18(2)14-8-6-5-7-9-14/h5-9,15H,3-4,10-13H2,1-2H3,(H,17,20). The van der Waals surface area contributed by atoms with Crippen molar-refractivity contribution in [1.29, 1.82) is 0 Å². The molecule has 0 radical (unpaired) electrons. The molecule has 1 atom stereocenters. The number of hydrogen-bond donors (Lipinski definition) is 1. The van der Waals surface area contributed by atoms with Crippen LogP contribution in [0.15, 0.2) is 30.3 Å². The van der Waals surface area contributed by atoms with Gasteiger partial charge in [0.15, 0.2) is 5.11 Å². The van der Waals surface area contributed by atoms with E-state index in [2.05, 4.69) is 59.4 Å². The SMILES string of the molecule is CCCCNC(=S)N1CCC(N(C)c2ccccc2)C1. The lowest BCUT2D eigenvalue weighted by atomic mass is 10.2. The third-order valence-electron chi connectivity index (χ3n) is 3.97. The summed E-state index contributed by atoms with van der Waals surface area (Å²) in [7, 11) is 2.18. The molecule has 0 aliphatic carbocycles. The number of para-hydroxylation sites is 1. The number of benzene rings is 1. The molecule has 1 N–H and O–H groups in total. The van der Waals surface area contributed by atoms with Gasteiger partial charge in [-0.1, -0.05) is 31.5 Å². The van der Waals surface area contributed by atoms with E-state index in [0.717, 1.165) is 24.7 Å². The third-order valence-corrected chi connectivity index (χ3v) is 4.37. The minimum atomic E-state index is 0.545. The van der Waals surface area contributed by atoms with Gasteiger partial charge < -0.3 is 15.1 Å². The average Bonchev–Trinajstić information content (AvgIpc) is 2.97. The van der Waals surface area contributed by atoms with Gasteiger partial charge in [-0.3, -0.25) is 0 Å². The summed E-state index contributed by atoms with van der Waals surface area (Å²) in [6, 6.07) is 11.1. The lowest BCUT2D eigenvalue weighted by Gasteiger charge is -2.27. The molecule has 0 aromatic heterocycles. The van der Waals surface area contributed by atoms with Crippen LogP contribution in [0.3, 0.4) is 0 Å². The predicted molar refractivity (Wildman–Crippen MR) is 90.3 cm³/mol. The van der Waals surface area contributed by atoms with Crippen LogP contribution in [0.2, 0.25) is 0 Å². The molecule has 2 rings (SSSR count). The van der Waals surface area contributed by atoms with Crippen LogP contribution in [0.25, 0.3) is 0 Å². The molecule has 0 bridgehead atoms. The highest BCUT2D eigenvalue weighted by molar-refractivity contribution is 7.80.